The Morgan fingerprint density at radius 3 is 2.87 bits per heavy atom. The number of ether oxygens (including phenoxy) is 1. The molecule has 7 heteroatoms. The number of hydrogen-bond donors (Lipinski definition) is 2. The number of rotatable bonds is 7. The van der Waals surface area contributed by atoms with E-state index in [1.54, 1.807) is 20.1 Å². The topological polar surface area (TPSA) is 76.1 Å². The number of aryl methyl sites for hydroxylation is 1. The van der Waals surface area contributed by atoms with Crippen molar-refractivity contribution in [1.29, 1.82) is 0 Å². The minimum Gasteiger partial charge on any atom is -0.385 e. The van der Waals surface area contributed by atoms with Gasteiger partial charge < -0.3 is 15.4 Å². The second-order valence-electron chi connectivity index (χ2n) is 4.92. The van der Waals surface area contributed by atoms with Crippen molar-refractivity contribution in [1.82, 2.24) is 9.97 Å². The highest BCUT2D eigenvalue weighted by Gasteiger charge is 2.11. The van der Waals surface area contributed by atoms with Crippen LogP contribution in [-0.4, -0.2) is 36.1 Å². The third kappa shape index (κ3) is 5.61. The Morgan fingerprint density at radius 2 is 2.13 bits per heavy atom. The molecule has 0 spiro atoms. The van der Waals surface area contributed by atoms with E-state index in [0.717, 1.165) is 17.4 Å². The maximum absolute atomic E-state index is 12.3. The van der Waals surface area contributed by atoms with Crippen molar-refractivity contribution >= 4 is 33.3 Å². The van der Waals surface area contributed by atoms with Crippen LogP contribution >= 0.6 is 15.9 Å². The Kier molecular flexibility index (Phi) is 6.49. The van der Waals surface area contributed by atoms with Crippen molar-refractivity contribution in [2.75, 3.05) is 30.9 Å². The Balaban J connectivity index is 2.06. The number of hydrogen-bond acceptors (Lipinski definition) is 5. The Bertz CT molecular complexity index is 679. The molecule has 0 radical (unpaired) electrons. The number of carbonyl (C=O) groups is 1. The number of nitrogens with zero attached hydrogens (tertiary/aromatic N) is 2. The zero-order chi connectivity index (χ0) is 16.7. The lowest BCUT2D eigenvalue weighted by Crippen LogP contribution is -2.16. The standard InChI is InChI=1S/C16H19BrN4O2/c1-11-19-14(10-15(20-11)18-7-4-8-23-2)16(22)21-13-6-3-5-12(17)9-13/h3,5-6,9-10H,4,7-8H2,1-2H3,(H,21,22)(H,18,19,20). The molecule has 0 atom stereocenters. The van der Waals surface area contributed by atoms with Gasteiger partial charge in [-0.1, -0.05) is 22.0 Å². The molecule has 2 aromatic rings. The van der Waals surface area contributed by atoms with E-state index >= 15 is 0 Å². The van der Waals surface area contributed by atoms with Gasteiger partial charge in [0.05, 0.1) is 0 Å². The molecule has 122 valence electrons. The number of amides is 1. The summed E-state index contributed by atoms with van der Waals surface area (Å²) in [7, 11) is 1.67. The number of benzene rings is 1. The van der Waals surface area contributed by atoms with Gasteiger partial charge in [-0.15, -0.1) is 0 Å². The number of methoxy groups -OCH3 is 1. The molecule has 0 saturated carbocycles. The fourth-order valence-corrected chi connectivity index (χ4v) is 2.37. The molecule has 2 N–H and O–H groups in total. The summed E-state index contributed by atoms with van der Waals surface area (Å²) in [6.07, 6.45) is 0.860. The normalized spacial score (nSPS) is 10.4. The van der Waals surface area contributed by atoms with E-state index in [2.05, 4.69) is 36.5 Å². The van der Waals surface area contributed by atoms with Gasteiger partial charge in [-0.3, -0.25) is 4.79 Å². The van der Waals surface area contributed by atoms with Gasteiger partial charge in [0.25, 0.3) is 5.91 Å². The van der Waals surface area contributed by atoms with Crippen molar-refractivity contribution in [2.45, 2.75) is 13.3 Å². The first-order chi connectivity index (χ1) is 11.1. The smallest absolute Gasteiger partial charge is 0.274 e. The van der Waals surface area contributed by atoms with Crippen molar-refractivity contribution in [3.8, 4) is 0 Å². The Morgan fingerprint density at radius 1 is 1.30 bits per heavy atom. The predicted molar refractivity (Wildman–Crippen MR) is 93.8 cm³/mol. The number of carbonyl (C=O) groups excluding carboxylic acids is 1. The van der Waals surface area contributed by atoms with Crippen molar-refractivity contribution in [3.05, 3.63) is 46.3 Å². The zero-order valence-corrected chi connectivity index (χ0v) is 14.7. The summed E-state index contributed by atoms with van der Waals surface area (Å²) in [5.41, 5.74) is 1.03. The monoisotopic (exact) mass is 378 g/mol. The van der Waals surface area contributed by atoms with Crippen LogP contribution in [0.15, 0.2) is 34.8 Å². The third-order valence-corrected chi connectivity index (χ3v) is 3.48. The molecule has 0 aliphatic rings. The molecule has 0 fully saturated rings. The van der Waals surface area contributed by atoms with E-state index in [-0.39, 0.29) is 5.91 Å². The molecule has 6 nitrogen and oxygen atoms in total. The van der Waals surface area contributed by atoms with Crippen molar-refractivity contribution in [3.63, 3.8) is 0 Å². The zero-order valence-electron chi connectivity index (χ0n) is 13.1. The molecule has 2 rings (SSSR count). The van der Waals surface area contributed by atoms with Crippen molar-refractivity contribution < 1.29 is 9.53 Å². The van der Waals surface area contributed by atoms with Gasteiger partial charge in [0.1, 0.15) is 17.3 Å². The van der Waals surface area contributed by atoms with E-state index in [1.807, 2.05) is 24.3 Å². The van der Waals surface area contributed by atoms with Crippen LogP contribution in [0.5, 0.6) is 0 Å². The van der Waals surface area contributed by atoms with Gasteiger partial charge in [-0.05, 0) is 31.5 Å². The molecule has 0 saturated heterocycles. The highest BCUT2D eigenvalue weighted by Crippen LogP contribution is 2.16. The van der Waals surface area contributed by atoms with Crippen LogP contribution in [0.4, 0.5) is 11.5 Å². The lowest BCUT2D eigenvalue weighted by Gasteiger charge is -2.09. The van der Waals surface area contributed by atoms with Crippen LogP contribution in [0.3, 0.4) is 0 Å². The largest absolute Gasteiger partial charge is 0.385 e. The lowest BCUT2D eigenvalue weighted by atomic mass is 10.3. The van der Waals surface area contributed by atoms with Crippen LogP contribution in [0.2, 0.25) is 0 Å². The molecule has 1 aromatic heterocycles. The molecule has 1 amide bonds. The quantitative estimate of drug-likeness (QED) is 0.723. The van der Waals surface area contributed by atoms with Crippen molar-refractivity contribution in [2.24, 2.45) is 0 Å². The van der Waals surface area contributed by atoms with E-state index in [1.165, 1.54) is 0 Å². The predicted octanol–water partition coefficient (Wildman–Crippen LogP) is 3.25. The fraction of sp³-hybridized carbons (Fsp3) is 0.312. The summed E-state index contributed by atoms with van der Waals surface area (Å²) in [5.74, 6) is 0.905. The maximum atomic E-state index is 12.3. The Labute approximate surface area is 143 Å². The molecule has 1 aromatic carbocycles. The van der Waals surface area contributed by atoms with E-state index in [9.17, 15) is 4.79 Å². The van der Waals surface area contributed by atoms with Crippen LogP contribution < -0.4 is 10.6 Å². The van der Waals surface area contributed by atoms with Crippen LogP contribution in [-0.2, 0) is 4.74 Å². The second kappa shape index (κ2) is 8.59. The van der Waals surface area contributed by atoms with Gasteiger partial charge in [0.15, 0.2) is 0 Å². The molecular weight excluding hydrogens is 360 g/mol. The summed E-state index contributed by atoms with van der Waals surface area (Å²) in [4.78, 5) is 20.8. The molecule has 0 aliphatic heterocycles. The molecule has 0 aliphatic carbocycles. The first-order valence-electron chi connectivity index (χ1n) is 7.24. The van der Waals surface area contributed by atoms with Gasteiger partial charge in [-0.2, -0.15) is 0 Å². The van der Waals surface area contributed by atoms with Gasteiger partial charge >= 0.3 is 0 Å². The minimum atomic E-state index is -0.270. The van der Waals surface area contributed by atoms with E-state index in [4.69, 9.17) is 4.74 Å². The summed E-state index contributed by atoms with van der Waals surface area (Å²) in [6.45, 7) is 3.15. The second-order valence-corrected chi connectivity index (χ2v) is 5.84. The number of anilines is 2. The van der Waals surface area contributed by atoms with E-state index < -0.39 is 0 Å². The average molecular weight is 379 g/mol. The fourth-order valence-electron chi connectivity index (χ4n) is 1.97. The molecule has 0 bridgehead atoms. The summed E-state index contributed by atoms with van der Waals surface area (Å²) in [6, 6.07) is 9.05. The van der Waals surface area contributed by atoms with Crippen LogP contribution in [0.25, 0.3) is 0 Å². The van der Waals surface area contributed by atoms with Gasteiger partial charge in [0, 0.05) is 36.5 Å². The Hall–Kier alpha value is -1.99. The van der Waals surface area contributed by atoms with Crippen LogP contribution in [0, 0.1) is 6.92 Å². The van der Waals surface area contributed by atoms with Gasteiger partial charge in [-0.25, -0.2) is 9.97 Å². The minimum absolute atomic E-state index is 0.270. The average Bonchev–Trinajstić information content (AvgIpc) is 2.51. The molecule has 0 unspecified atom stereocenters. The first-order valence-corrected chi connectivity index (χ1v) is 8.03. The van der Waals surface area contributed by atoms with Crippen LogP contribution in [0.1, 0.15) is 22.7 Å². The SMILES string of the molecule is COCCCNc1cc(C(=O)Nc2cccc(Br)c2)nc(C)n1. The summed E-state index contributed by atoms with van der Waals surface area (Å²) < 4.78 is 5.90. The number of aromatic nitrogens is 2. The first kappa shape index (κ1) is 17.4. The lowest BCUT2D eigenvalue weighted by molar-refractivity contribution is 0.102. The molecule has 23 heavy (non-hydrogen) atoms. The van der Waals surface area contributed by atoms with E-state index in [0.29, 0.717) is 29.6 Å². The summed E-state index contributed by atoms with van der Waals surface area (Å²) >= 11 is 3.38. The molecular formula is C16H19BrN4O2. The highest BCUT2D eigenvalue weighted by molar-refractivity contribution is 9.10. The highest BCUT2D eigenvalue weighted by atomic mass is 79.9. The summed E-state index contributed by atoms with van der Waals surface area (Å²) in [5, 5.41) is 5.99. The number of halogens is 1. The van der Waals surface area contributed by atoms with Gasteiger partial charge in [0.2, 0.25) is 0 Å². The maximum Gasteiger partial charge on any atom is 0.274 e. The number of nitrogens with one attached hydrogen (secondary N) is 2. The third-order valence-electron chi connectivity index (χ3n) is 2.98. The molecule has 1 heterocycles.